The van der Waals surface area contributed by atoms with Crippen molar-refractivity contribution in [2.24, 2.45) is 0 Å². The first kappa shape index (κ1) is 12.8. The SMILES string of the molecule is CCCc1c[c]c(O)c(-c2cc(Cl)ccc2O)c1. The van der Waals surface area contributed by atoms with Crippen molar-refractivity contribution >= 4 is 11.6 Å². The molecule has 0 unspecified atom stereocenters. The summed E-state index contributed by atoms with van der Waals surface area (Å²) in [7, 11) is 0. The van der Waals surface area contributed by atoms with Gasteiger partial charge in [0.15, 0.2) is 0 Å². The first-order chi connectivity index (χ1) is 8.61. The maximum Gasteiger partial charge on any atom is 0.131 e. The van der Waals surface area contributed by atoms with Gasteiger partial charge in [-0.2, -0.15) is 0 Å². The minimum atomic E-state index is 0.0208. The summed E-state index contributed by atoms with van der Waals surface area (Å²) in [5, 5.41) is 20.2. The van der Waals surface area contributed by atoms with Crippen LogP contribution in [0.2, 0.25) is 5.02 Å². The van der Waals surface area contributed by atoms with Crippen LogP contribution in [0.3, 0.4) is 0 Å². The average molecular weight is 262 g/mol. The second-order valence-electron chi connectivity index (χ2n) is 4.18. The van der Waals surface area contributed by atoms with Crippen molar-refractivity contribution in [3.8, 4) is 22.6 Å². The molecule has 0 aromatic heterocycles. The van der Waals surface area contributed by atoms with E-state index < -0.39 is 0 Å². The normalized spacial score (nSPS) is 10.6. The zero-order valence-electron chi connectivity index (χ0n) is 10.1. The zero-order valence-corrected chi connectivity index (χ0v) is 10.8. The van der Waals surface area contributed by atoms with E-state index in [-0.39, 0.29) is 11.5 Å². The van der Waals surface area contributed by atoms with E-state index in [0.29, 0.717) is 16.1 Å². The molecule has 0 bridgehead atoms. The van der Waals surface area contributed by atoms with Crippen molar-refractivity contribution in [2.75, 3.05) is 0 Å². The molecule has 93 valence electrons. The summed E-state index contributed by atoms with van der Waals surface area (Å²) in [6.45, 7) is 2.09. The first-order valence-corrected chi connectivity index (χ1v) is 6.22. The van der Waals surface area contributed by atoms with Gasteiger partial charge in [0.05, 0.1) is 0 Å². The molecule has 0 heterocycles. The van der Waals surface area contributed by atoms with Crippen molar-refractivity contribution in [2.45, 2.75) is 19.8 Å². The lowest BCUT2D eigenvalue weighted by Gasteiger charge is -2.09. The van der Waals surface area contributed by atoms with Gasteiger partial charge in [-0.3, -0.25) is 0 Å². The summed E-state index contributed by atoms with van der Waals surface area (Å²) in [5.41, 5.74) is 2.15. The van der Waals surface area contributed by atoms with Gasteiger partial charge in [0.2, 0.25) is 0 Å². The lowest BCUT2D eigenvalue weighted by atomic mass is 9.99. The molecular weight excluding hydrogens is 248 g/mol. The summed E-state index contributed by atoms with van der Waals surface area (Å²) < 4.78 is 0. The largest absolute Gasteiger partial charge is 0.507 e. The molecule has 0 saturated heterocycles. The third kappa shape index (κ3) is 2.59. The van der Waals surface area contributed by atoms with Gasteiger partial charge in [-0.15, -0.1) is 0 Å². The molecule has 0 aliphatic carbocycles. The van der Waals surface area contributed by atoms with Crippen LogP contribution >= 0.6 is 11.6 Å². The van der Waals surface area contributed by atoms with E-state index in [9.17, 15) is 10.2 Å². The van der Waals surface area contributed by atoms with Gasteiger partial charge >= 0.3 is 0 Å². The fraction of sp³-hybridized carbons (Fsp3) is 0.200. The fourth-order valence-corrected chi connectivity index (χ4v) is 2.07. The Morgan fingerprint density at radius 1 is 1.17 bits per heavy atom. The van der Waals surface area contributed by atoms with Crippen LogP contribution in [0, 0.1) is 6.07 Å². The van der Waals surface area contributed by atoms with Crippen molar-refractivity contribution in [1.29, 1.82) is 0 Å². The number of aromatic hydroxyl groups is 2. The Hall–Kier alpha value is -1.67. The highest BCUT2D eigenvalue weighted by Gasteiger charge is 2.10. The number of phenolic OH excluding ortho intramolecular Hbond substituents is 2. The van der Waals surface area contributed by atoms with Gasteiger partial charge in [0, 0.05) is 22.2 Å². The second-order valence-corrected chi connectivity index (χ2v) is 4.62. The quantitative estimate of drug-likeness (QED) is 0.871. The van der Waals surface area contributed by atoms with Gasteiger partial charge < -0.3 is 10.2 Å². The number of halogens is 1. The lowest BCUT2D eigenvalue weighted by molar-refractivity contribution is 0.468. The molecule has 18 heavy (non-hydrogen) atoms. The maximum atomic E-state index is 9.86. The third-order valence-corrected chi connectivity index (χ3v) is 3.00. The van der Waals surface area contributed by atoms with Gasteiger partial charge in [-0.25, -0.2) is 0 Å². The summed E-state index contributed by atoms with van der Waals surface area (Å²) in [4.78, 5) is 0. The Morgan fingerprint density at radius 2 is 1.94 bits per heavy atom. The second kappa shape index (κ2) is 5.32. The van der Waals surface area contributed by atoms with Crippen molar-refractivity contribution in [1.82, 2.24) is 0 Å². The fourth-order valence-electron chi connectivity index (χ4n) is 1.90. The van der Waals surface area contributed by atoms with E-state index in [0.717, 1.165) is 18.4 Å². The molecule has 0 fully saturated rings. The van der Waals surface area contributed by atoms with Crippen molar-refractivity contribution in [3.63, 3.8) is 0 Å². The third-order valence-electron chi connectivity index (χ3n) is 2.77. The molecule has 2 aromatic rings. The minimum absolute atomic E-state index is 0.0208. The smallest absolute Gasteiger partial charge is 0.131 e. The molecule has 2 rings (SSSR count). The highest BCUT2D eigenvalue weighted by atomic mass is 35.5. The molecule has 0 aliphatic heterocycles. The Labute approximate surface area is 111 Å². The molecule has 0 spiro atoms. The summed E-state index contributed by atoms with van der Waals surface area (Å²) in [6, 6.07) is 11.2. The van der Waals surface area contributed by atoms with Gasteiger partial charge in [0.25, 0.3) is 0 Å². The molecule has 2 aromatic carbocycles. The van der Waals surface area contributed by atoms with E-state index in [1.165, 1.54) is 6.07 Å². The summed E-state index contributed by atoms with van der Waals surface area (Å²) in [6.07, 6.45) is 1.92. The number of hydrogen-bond donors (Lipinski definition) is 2. The van der Waals surface area contributed by atoms with Crippen LogP contribution in [0.5, 0.6) is 11.5 Å². The van der Waals surface area contributed by atoms with Crippen molar-refractivity contribution < 1.29 is 10.2 Å². The van der Waals surface area contributed by atoms with E-state index >= 15 is 0 Å². The Bertz CT molecular complexity index is 564. The van der Waals surface area contributed by atoms with Gasteiger partial charge in [-0.1, -0.05) is 24.9 Å². The highest BCUT2D eigenvalue weighted by Crippen LogP contribution is 2.37. The number of benzene rings is 2. The first-order valence-electron chi connectivity index (χ1n) is 5.84. The molecule has 0 amide bonds. The standard InChI is InChI=1S/C15H14ClO2/c1-2-3-10-4-6-14(17)12(8-10)13-9-11(16)5-7-15(13)18/h4-5,7-9,17-18H,2-3H2,1H3. The van der Waals surface area contributed by atoms with Crippen LogP contribution in [0.25, 0.3) is 11.1 Å². The van der Waals surface area contributed by atoms with E-state index in [1.54, 1.807) is 18.2 Å². The zero-order chi connectivity index (χ0) is 13.1. The molecule has 3 heteroatoms. The maximum absolute atomic E-state index is 9.86. The summed E-state index contributed by atoms with van der Waals surface area (Å²) >= 11 is 5.92. The van der Waals surface area contributed by atoms with Crippen LogP contribution in [0.15, 0.2) is 30.3 Å². The molecule has 0 aliphatic rings. The van der Waals surface area contributed by atoms with Crippen LogP contribution < -0.4 is 0 Å². The summed E-state index contributed by atoms with van der Waals surface area (Å²) in [5.74, 6) is 0.115. The van der Waals surface area contributed by atoms with Gasteiger partial charge in [0.1, 0.15) is 11.5 Å². The molecular formula is C15H14ClO2. The topological polar surface area (TPSA) is 40.5 Å². The molecule has 0 atom stereocenters. The molecule has 2 nitrogen and oxygen atoms in total. The molecule has 1 radical (unpaired) electrons. The number of aryl methyl sites for hydroxylation is 1. The van der Waals surface area contributed by atoms with E-state index in [2.05, 4.69) is 13.0 Å². The van der Waals surface area contributed by atoms with E-state index in [1.807, 2.05) is 6.07 Å². The predicted molar refractivity (Wildman–Crippen MR) is 73.0 cm³/mol. The Balaban J connectivity index is 2.55. The van der Waals surface area contributed by atoms with Crippen LogP contribution in [0.1, 0.15) is 18.9 Å². The number of hydrogen-bond acceptors (Lipinski definition) is 2. The highest BCUT2D eigenvalue weighted by molar-refractivity contribution is 6.31. The Kier molecular flexibility index (Phi) is 3.78. The van der Waals surface area contributed by atoms with Crippen LogP contribution in [-0.2, 0) is 6.42 Å². The monoisotopic (exact) mass is 261 g/mol. The number of phenols is 2. The number of rotatable bonds is 3. The Morgan fingerprint density at radius 3 is 2.67 bits per heavy atom. The molecule has 0 saturated carbocycles. The van der Waals surface area contributed by atoms with Gasteiger partial charge in [-0.05, 0) is 42.3 Å². The van der Waals surface area contributed by atoms with Crippen LogP contribution in [-0.4, -0.2) is 10.2 Å². The predicted octanol–water partition coefficient (Wildman–Crippen LogP) is 4.17. The van der Waals surface area contributed by atoms with E-state index in [4.69, 9.17) is 11.6 Å². The minimum Gasteiger partial charge on any atom is -0.507 e. The van der Waals surface area contributed by atoms with Crippen molar-refractivity contribution in [3.05, 3.63) is 47.0 Å². The lowest BCUT2D eigenvalue weighted by Crippen LogP contribution is -1.87. The average Bonchev–Trinajstić information content (AvgIpc) is 2.35. The van der Waals surface area contributed by atoms with Crippen LogP contribution in [0.4, 0.5) is 0 Å². The molecule has 2 N–H and O–H groups in total.